The summed E-state index contributed by atoms with van der Waals surface area (Å²) in [4.78, 5) is 30.4. The Morgan fingerprint density at radius 3 is 2.71 bits per heavy atom. The van der Waals surface area contributed by atoms with Crippen molar-refractivity contribution in [3.63, 3.8) is 0 Å². The van der Waals surface area contributed by atoms with Gasteiger partial charge in [0.15, 0.2) is 5.13 Å². The molecule has 0 spiro atoms. The Balaban J connectivity index is 1.61. The first-order valence-corrected chi connectivity index (χ1v) is 8.01. The van der Waals surface area contributed by atoms with Crippen LogP contribution < -0.4 is 5.32 Å². The van der Waals surface area contributed by atoms with E-state index in [2.05, 4.69) is 25.3 Å². The van der Waals surface area contributed by atoms with Gasteiger partial charge in [-0.25, -0.2) is 4.98 Å². The maximum Gasteiger partial charge on any atom is 0.259 e. The van der Waals surface area contributed by atoms with Gasteiger partial charge in [-0.15, -0.1) is 0 Å². The zero-order valence-electron chi connectivity index (χ0n) is 12.4. The SMILES string of the molecule is O=C(Nc1ncc(-c2ccccn2)s1)c1cccc2nccnc12. The minimum atomic E-state index is -0.261. The Bertz CT molecular complexity index is 1010. The van der Waals surface area contributed by atoms with Crippen LogP contribution in [0.3, 0.4) is 0 Å². The van der Waals surface area contributed by atoms with Crippen LogP contribution in [0, 0.1) is 0 Å². The highest BCUT2D eigenvalue weighted by molar-refractivity contribution is 7.19. The zero-order chi connectivity index (χ0) is 16.4. The van der Waals surface area contributed by atoms with Gasteiger partial charge in [0, 0.05) is 24.8 Å². The zero-order valence-corrected chi connectivity index (χ0v) is 13.2. The molecule has 0 saturated carbocycles. The second kappa shape index (κ2) is 6.13. The number of nitrogens with one attached hydrogen (secondary N) is 1. The molecule has 0 saturated heterocycles. The second-order valence-corrected chi connectivity index (χ2v) is 5.96. The maximum absolute atomic E-state index is 12.5. The monoisotopic (exact) mass is 333 g/mol. The summed E-state index contributed by atoms with van der Waals surface area (Å²) in [6.07, 6.45) is 6.60. The Morgan fingerprint density at radius 1 is 0.917 bits per heavy atom. The predicted molar refractivity (Wildman–Crippen MR) is 92.8 cm³/mol. The van der Waals surface area contributed by atoms with Gasteiger partial charge in [-0.3, -0.25) is 25.1 Å². The fraction of sp³-hybridized carbons (Fsp3) is 0. The second-order valence-electron chi connectivity index (χ2n) is 4.93. The molecule has 7 heteroatoms. The fourth-order valence-electron chi connectivity index (χ4n) is 2.30. The van der Waals surface area contributed by atoms with Crippen LogP contribution in [0.15, 0.2) is 61.2 Å². The average molecular weight is 333 g/mol. The van der Waals surface area contributed by atoms with Gasteiger partial charge in [-0.2, -0.15) is 0 Å². The van der Waals surface area contributed by atoms with E-state index in [0.29, 0.717) is 21.7 Å². The standard InChI is InChI=1S/C17H11N5OS/c23-16(11-4-3-6-13-15(11)20-9-8-19-13)22-17-21-10-14(24-17)12-5-1-2-7-18-12/h1-10H,(H,21,22,23). The first-order chi connectivity index (χ1) is 11.8. The lowest BCUT2D eigenvalue weighted by atomic mass is 10.1. The fourth-order valence-corrected chi connectivity index (χ4v) is 3.09. The molecule has 0 unspecified atom stereocenters. The van der Waals surface area contributed by atoms with Crippen molar-refractivity contribution in [1.29, 1.82) is 0 Å². The van der Waals surface area contributed by atoms with Crippen LogP contribution in [-0.4, -0.2) is 25.8 Å². The number of pyridine rings is 1. The number of nitrogens with zero attached hydrogens (tertiary/aromatic N) is 4. The van der Waals surface area contributed by atoms with Gasteiger partial charge in [0.25, 0.3) is 5.91 Å². The van der Waals surface area contributed by atoms with Gasteiger partial charge < -0.3 is 0 Å². The largest absolute Gasteiger partial charge is 0.298 e. The number of carbonyl (C=O) groups is 1. The number of amides is 1. The number of anilines is 1. The highest BCUT2D eigenvalue weighted by Crippen LogP contribution is 2.27. The molecule has 24 heavy (non-hydrogen) atoms. The quantitative estimate of drug-likeness (QED) is 0.621. The lowest BCUT2D eigenvalue weighted by Crippen LogP contribution is -2.12. The van der Waals surface area contributed by atoms with E-state index < -0.39 is 0 Å². The summed E-state index contributed by atoms with van der Waals surface area (Å²) in [7, 11) is 0. The van der Waals surface area contributed by atoms with Gasteiger partial charge >= 0.3 is 0 Å². The highest BCUT2D eigenvalue weighted by Gasteiger charge is 2.14. The molecule has 4 rings (SSSR count). The summed E-state index contributed by atoms with van der Waals surface area (Å²) in [6, 6.07) is 11.0. The van der Waals surface area contributed by atoms with E-state index in [-0.39, 0.29) is 5.91 Å². The average Bonchev–Trinajstić information content (AvgIpc) is 3.10. The molecule has 3 heterocycles. The molecule has 1 aromatic carbocycles. The topological polar surface area (TPSA) is 80.7 Å². The van der Waals surface area contributed by atoms with Crippen molar-refractivity contribution in [3.8, 4) is 10.6 Å². The van der Waals surface area contributed by atoms with Crippen LogP contribution in [0.4, 0.5) is 5.13 Å². The van der Waals surface area contributed by atoms with Gasteiger partial charge in [0.1, 0.15) is 5.52 Å². The minimum Gasteiger partial charge on any atom is -0.298 e. The summed E-state index contributed by atoms with van der Waals surface area (Å²) in [5, 5.41) is 3.33. The Labute approximate surface area is 141 Å². The molecule has 116 valence electrons. The van der Waals surface area contributed by atoms with E-state index in [1.807, 2.05) is 24.3 Å². The van der Waals surface area contributed by atoms with Gasteiger partial charge in [-0.1, -0.05) is 23.5 Å². The number of hydrogen-bond donors (Lipinski definition) is 1. The number of para-hydroxylation sites is 1. The number of fused-ring (bicyclic) bond motifs is 1. The molecule has 0 atom stereocenters. The van der Waals surface area contributed by atoms with Gasteiger partial charge in [0.2, 0.25) is 0 Å². The van der Waals surface area contributed by atoms with Crippen LogP contribution in [0.5, 0.6) is 0 Å². The Kier molecular flexibility index (Phi) is 3.68. The molecule has 0 bridgehead atoms. The van der Waals surface area contributed by atoms with E-state index in [1.165, 1.54) is 11.3 Å². The van der Waals surface area contributed by atoms with Crippen molar-refractivity contribution in [1.82, 2.24) is 19.9 Å². The van der Waals surface area contributed by atoms with Gasteiger partial charge in [0.05, 0.1) is 21.7 Å². The number of rotatable bonds is 3. The van der Waals surface area contributed by atoms with Crippen molar-refractivity contribution < 1.29 is 4.79 Å². The minimum absolute atomic E-state index is 0.261. The molecule has 0 aliphatic rings. The summed E-state index contributed by atoms with van der Waals surface area (Å²) >= 11 is 1.37. The van der Waals surface area contributed by atoms with E-state index in [4.69, 9.17) is 0 Å². The molecule has 4 aromatic rings. The van der Waals surface area contributed by atoms with Gasteiger partial charge in [-0.05, 0) is 24.3 Å². The van der Waals surface area contributed by atoms with Crippen molar-refractivity contribution in [2.24, 2.45) is 0 Å². The number of hydrogen-bond acceptors (Lipinski definition) is 6. The van der Waals surface area contributed by atoms with Crippen molar-refractivity contribution in [2.45, 2.75) is 0 Å². The molecule has 0 radical (unpaired) electrons. The van der Waals surface area contributed by atoms with E-state index >= 15 is 0 Å². The molecule has 0 fully saturated rings. The molecule has 3 aromatic heterocycles. The lowest BCUT2D eigenvalue weighted by molar-refractivity contribution is 0.102. The number of aromatic nitrogens is 4. The summed E-state index contributed by atoms with van der Waals surface area (Å²) in [5.41, 5.74) is 2.54. The highest BCUT2D eigenvalue weighted by atomic mass is 32.1. The molecule has 0 aliphatic heterocycles. The van der Waals surface area contributed by atoms with Crippen molar-refractivity contribution in [2.75, 3.05) is 5.32 Å². The normalized spacial score (nSPS) is 10.7. The molecule has 1 amide bonds. The van der Waals surface area contributed by atoms with Crippen molar-refractivity contribution in [3.05, 3.63) is 66.7 Å². The number of thiazole rings is 1. The van der Waals surface area contributed by atoms with Crippen LogP contribution >= 0.6 is 11.3 Å². The molecule has 0 aliphatic carbocycles. The van der Waals surface area contributed by atoms with E-state index in [9.17, 15) is 4.79 Å². The van der Waals surface area contributed by atoms with Crippen LogP contribution in [0.1, 0.15) is 10.4 Å². The third-order valence-corrected chi connectivity index (χ3v) is 4.32. The summed E-state index contributed by atoms with van der Waals surface area (Å²) in [5.74, 6) is -0.261. The van der Waals surface area contributed by atoms with E-state index in [1.54, 1.807) is 36.9 Å². The molecular weight excluding hydrogens is 322 g/mol. The Morgan fingerprint density at radius 2 is 1.83 bits per heavy atom. The smallest absolute Gasteiger partial charge is 0.259 e. The summed E-state index contributed by atoms with van der Waals surface area (Å²) < 4.78 is 0. The first kappa shape index (κ1) is 14.4. The molecular formula is C17H11N5OS. The Hall–Kier alpha value is -3.19. The number of benzene rings is 1. The molecule has 1 N–H and O–H groups in total. The lowest BCUT2D eigenvalue weighted by Gasteiger charge is -2.04. The van der Waals surface area contributed by atoms with Crippen LogP contribution in [0.25, 0.3) is 21.6 Å². The van der Waals surface area contributed by atoms with Crippen LogP contribution in [-0.2, 0) is 0 Å². The van der Waals surface area contributed by atoms with E-state index in [0.717, 1.165) is 10.6 Å². The third kappa shape index (κ3) is 2.72. The maximum atomic E-state index is 12.5. The molecule has 6 nitrogen and oxygen atoms in total. The third-order valence-electron chi connectivity index (χ3n) is 3.39. The first-order valence-electron chi connectivity index (χ1n) is 7.19. The van der Waals surface area contributed by atoms with Crippen molar-refractivity contribution >= 4 is 33.4 Å². The summed E-state index contributed by atoms with van der Waals surface area (Å²) in [6.45, 7) is 0. The van der Waals surface area contributed by atoms with Crippen LogP contribution in [0.2, 0.25) is 0 Å². The predicted octanol–water partition coefficient (Wildman–Crippen LogP) is 3.40. The number of carbonyl (C=O) groups excluding carboxylic acids is 1.